The van der Waals surface area contributed by atoms with Gasteiger partial charge in [-0.05, 0) is 23.1 Å². The highest BCUT2D eigenvalue weighted by Gasteiger charge is 2.30. The molecule has 96 valence electrons. The molecule has 0 radical (unpaired) electrons. The van der Waals surface area contributed by atoms with E-state index >= 15 is 0 Å². The van der Waals surface area contributed by atoms with Crippen LogP contribution < -0.4 is 5.32 Å². The summed E-state index contributed by atoms with van der Waals surface area (Å²) in [6.07, 6.45) is 5.28. The van der Waals surface area contributed by atoms with Gasteiger partial charge < -0.3 is 10.1 Å². The lowest BCUT2D eigenvalue weighted by Gasteiger charge is -2.22. The minimum absolute atomic E-state index is 0.219. The molecule has 0 aliphatic carbocycles. The first-order valence-electron chi connectivity index (χ1n) is 6.56. The number of carbonyl (C=O) groups is 1. The van der Waals surface area contributed by atoms with Crippen molar-refractivity contribution < 1.29 is 4.79 Å². The molecule has 0 saturated carbocycles. The monoisotopic (exact) mass is 252 g/mol. The number of aldehydes is 1. The Labute approximate surface area is 112 Å². The molecule has 1 aromatic carbocycles. The summed E-state index contributed by atoms with van der Waals surface area (Å²) >= 11 is 0. The van der Waals surface area contributed by atoms with Crippen LogP contribution in [-0.2, 0) is 4.79 Å². The molecule has 2 unspecified atom stereocenters. The molecule has 3 nitrogen and oxygen atoms in total. The van der Waals surface area contributed by atoms with Gasteiger partial charge in [0.25, 0.3) is 0 Å². The Bertz CT molecular complexity index is 568. The van der Waals surface area contributed by atoms with Gasteiger partial charge >= 0.3 is 0 Å². The zero-order valence-electron chi connectivity index (χ0n) is 10.6. The van der Waals surface area contributed by atoms with Gasteiger partial charge in [0.15, 0.2) is 0 Å². The Morgan fingerprint density at radius 2 is 2.16 bits per heavy atom. The van der Waals surface area contributed by atoms with Crippen molar-refractivity contribution in [1.29, 1.82) is 0 Å². The summed E-state index contributed by atoms with van der Waals surface area (Å²) in [5.74, 6) is 0.535. The van der Waals surface area contributed by atoms with E-state index in [1.54, 1.807) is 6.20 Å². The largest absolute Gasteiger partial charge is 0.384 e. The Morgan fingerprint density at radius 1 is 1.32 bits per heavy atom. The molecule has 1 aliphatic heterocycles. The molecule has 1 aromatic heterocycles. The molecule has 0 amide bonds. The first-order valence-corrected chi connectivity index (χ1v) is 6.56. The van der Waals surface area contributed by atoms with Crippen LogP contribution in [0.2, 0.25) is 0 Å². The molecular weight excluding hydrogens is 236 g/mol. The lowest BCUT2D eigenvalue weighted by molar-refractivity contribution is -0.108. The number of benzene rings is 1. The van der Waals surface area contributed by atoms with Crippen LogP contribution in [0, 0.1) is 0 Å². The molecule has 2 atom stereocenters. The van der Waals surface area contributed by atoms with E-state index in [-0.39, 0.29) is 5.92 Å². The zero-order chi connectivity index (χ0) is 13.1. The van der Waals surface area contributed by atoms with Crippen LogP contribution in [0.3, 0.4) is 0 Å². The highest BCUT2D eigenvalue weighted by atomic mass is 16.1. The minimum atomic E-state index is 0.219. The fraction of sp³-hybridized carbons (Fsp3) is 0.250. The van der Waals surface area contributed by atoms with Crippen molar-refractivity contribution in [3.63, 3.8) is 0 Å². The topological polar surface area (TPSA) is 42.0 Å². The van der Waals surface area contributed by atoms with E-state index in [1.165, 1.54) is 11.1 Å². The van der Waals surface area contributed by atoms with Crippen LogP contribution in [0.15, 0.2) is 48.8 Å². The Morgan fingerprint density at radius 3 is 2.95 bits per heavy atom. The van der Waals surface area contributed by atoms with Crippen LogP contribution >= 0.6 is 0 Å². The lowest BCUT2D eigenvalue weighted by Crippen LogP contribution is -2.14. The SMILES string of the molecule is O=CCC(c1ccccc1)C1CNc2ccncc21. The van der Waals surface area contributed by atoms with Crippen molar-refractivity contribution in [2.75, 3.05) is 11.9 Å². The van der Waals surface area contributed by atoms with Crippen molar-refractivity contribution in [1.82, 2.24) is 4.98 Å². The molecule has 0 bridgehead atoms. The number of fused-ring (bicyclic) bond motifs is 1. The smallest absolute Gasteiger partial charge is 0.120 e. The van der Waals surface area contributed by atoms with Crippen LogP contribution in [0.5, 0.6) is 0 Å². The fourth-order valence-corrected chi connectivity index (χ4v) is 2.89. The number of rotatable bonds is 4. The maximum absolute atomic E-state index is 11.0. The van der Waals surface area contributed by atoms with Gasteiger partial charge in [-0.3, -0.25) is 4.98 Å². The Balaban J connectivity index is 1.96. The zero-order valence-corrected chi connectivity index (χ0v) is 10.6. The summed E-state index contributed by atoms with van der Waals surface area (Å²) in [4.78, 5) is 15.2. The van der Waals surface area contributed by atoms with E-state index in [0.29, 0.717) is 12.3 Å². The van der Waals surface area contributed by atoms with Crippen molar-refractivity contribution in [3.8, 4) is 0 Å². The van der Waals surface area contributed by atoms with E-state index in [1.807, 2.05) is 30.5 Å². The summed E-state index contributed by atoms with van der Waals surface area (Å²) in [7, 11) is 0. The van der Waals surface area contributed by atoms with Gasteiger partial charge in [0.05, 0.1) is 0 Å². The summed E-state index contributed by atoms with van der Waals surface area (Å²) in [6, 6.07) is 12.3. The summed E-state index contributed by atoms with van der Waals surface area (Å²) in [5.41, 5.74) is 3.59. The number of aromatic nitrogens is 1. The number of anilines is 1. The van der Waals surface area contributed by atoms with Crippen LogP contribution in [-0.4, -0.2) is 17.8 Å². The highest BCUT2D eigenvalue weighted by molar-refractivity contribution is 5.59. The summed E-state index contributed by atoms with van der Waals surface area (Å²) in [6.45, 7) is 0.869. The van der Waals surface area contributed by atoms with E-state index in [4.69, 9.17) is 0 Å². The van der Waals surface area contributed by atoms with E-state index < -0.39 is 0 Å². The molecule has 0 spiro atoms. The predicted molar refractivity (Wildman–Crippen MR) is 75.3 cm³/mol. The number of hydrogen-bond donors (Lipinski definition) is 1. The fourth-order valence-electron chi connectivity index (χ4n) is 2.89. The Kier molecular flexibility index (Phi) is 3.27. The molecule has 2 aromatic rings. The quantitative estimate of drug-likeness (QED) is 0.851. The van der Waals surface area contributed by atoms with Crippen LogP contribution in [0.4, 0.5) is 5.69 Å². The lowest BCUT2D eigenvalue weighted by atomic mass is 9.81. The van der Waals surface area contributed by atoms with Gasteiger partial charge in [-0.15, -0.1) is 0 Å². The third-order valence-corrected chi connectivity index (χ3v) is 3.83. The number of nitrogens with one attached hydrogen (secondary N) is 1. The Hall–Kier alpha value is -2.16. The first-order chi connectivity index (χ1) is 9.40. The minimum Gasteiger partial charge on any atom is -0.384 e. The number of hydrogen-bond acceptors (Lipinski definition) is 3. The van der Waals surface area contributed by atoms with Crippen LogP contribution in [0.1, 0.15) is 29.4 Å². The number of pyridine rings is 1. The molecule has 0 fully saturated rings. The van der Waals surface area contributed by atoms with Gasteiger partial charge in [0, 0.05) is 37.0 Å². The molecule has 3 heteroatoms. The molecule has 1 aliphatic rings. The van der Waals surface area contributed by atoms with Crippen molar-refractivity contribution in [2.24, 2.45) is 0 Å². The van der Waals surface area contributed by atoms with Crippen molar-refractivity contribution in [3.05, 3.63) is 59.9 Å². The van der Waals surface area contributed by atoms with E-state index in [9.17, 15) is 4.79 Å². The van der Waals surface area contributed by atoms with Gasteiger partial charge in [0.1, 0.15) is 6.29 Å². The molecule has 1 N–H and O–H groups in total. The summed E-state index contributed by atoms with van der Waals surface area (Å²) in [5, 5.41) is 3.40. The normalized spacial score (nSPS) is 18.4. The molecule has 2 heterocycles. The van der Waals surface area contributed by atoms with Gasteiger partial charge in [0.2, 0.25) is 0 Å². The number of nitrogens with zero attached hydrogens (tertiary/aromatic N) is 1. The van der Waals surface area contributed by atoms with Crippen molar-refractivity contribution in [2.45, 2.75) is 18.3 Å². The second-order valence-electron chi connectivity index (χ2n) is 4.87. The third kappa shape index (κ3) is 2.24. The summed E-state index contributed by atoms with van der Waals surface area (Å²) < 4.78 is 0. The van der Waals surface area contributed by atoms with E-state index in [2.05, 4.69) is 22.4 Å². The number of carbonyl (C=O) groups excluding carboxylic acids is 1. The average molecular weight is 252 g/mol. The van der Waals surface area contributed by atoms with Gasteiger partial charge in [-0.2, -0.15) is 0 Å². The maximum Gasteiger partial charge on any atom is 0.120 e. The maximum atomic E-state index is 11.0. The first kappa shape index (κ1) is 11.9. The van der Waals surface area contributed by atoms with Gasteiger partial charge in [-0.25, -0.2) is 0 Å². The van der Waals surface area contributed by atoms with Gasteiger partial charge in [-0.1, -0.05) is 30.3 Å². The molecular formula is C16H16N2O. The second kappa shape index (κ2) is 5.22. The van der Waals surface area contributed by atoms with Crippen molar-refractivity contribution >= 4 is 12.0 Å². The van der Waals surface area contributed by atoms with Crippen LogP contribution in [0.25, 0.3) is 0 Å². The average Bonchev–Trinajstić information content (AvgIpc) is 2.89. The molecule has 0 saturated heterocycles. The molecule has 19 heavy (non-hydrogen) atoms. The standard InChI is InChI=1S/C16H16N2O/c19-9-7-13(12-4-2-1-3-5-12)14-11-18-16-6-8-17-10-15(14)16/h1-6,8-10,13-14,18H,7,11H2. The van der Waals surface area contributed by atoms with E-state index in [0.717, 1.165) is 18.5 Å². The molecule has 3 rings (SSSR count). The highest BCUT2D eigenvalue weighted by Crippen LogP contribution is 2.41. The second-order valence-corrected chi connectivity index (χ2v) is 4.87. The predicted octanol–water partition coefficient (Wildman–Crippen LogP) is 2.96. The third-order valence-electron chi connectivity index (χ3n) is 3.83.